The minimum atomic E-state index is -0.535. The predicted octanol–water partition coefficient (Wildman–Crippen LogP) is 1.88. The van der Waals surface area contributed by atoms with Crippen molar-refractivity contribution in [3.05, 3.63) is 44.6 Å². The van der Waals surface area contributed by atoms with Gasteiger partial charge in [0.25, 0.3) is 5.56 Å². The van der Waals surface area contributed by atoms with Crippen molar-refractivity contribution in [1.82, 2.24) is 19.8 Å². The lowest BCUT2D eigenvalue weighted by Crippen LogP contribution is -2.39. The monoisotopic (exact) mass is 458 g/mol. The summed E-state index contributed by atoms with van der Waals surface area (Å²) < 4.78 is 5.84. The van der Waals surface area contributed by atoms with E-state index in [4.69, 9.17) is 0 Å². The largest absolute Gasteiger partial charge is 0.465 e. The number of amides is 1. The number of hydrogen-bond donors (Lipinski definition) is 2. The summed E-state index contributed by atoms with van der Waals surface area (Å²) in [5.74, 6) is 0.311. The first-order chi connectivity index (χ1) is 15.9. The number of nitrogens with one attached hydrogen (secondary N) is 2. The zero-order valence-corrected chi connectivity index (χ0v) is 19.5. The molecule has 180 valence electrons. The Labute approximate surface area is 193 Å². The van der Waals surface area contributed by atoms with Gasteiger partial charge in [0, 0.05) is 26.1 Å². The van der Waals surface area contributed by atoms with Crippen LogP contribution in [0.2, 0.25) is 0 Å². The summed E-state index contributed by atoms with van der Waals surface area (Å²) >= 11 is 0. The molecule has 2 N–H and O–H groups in total. The molecule has 1 fully saturated rings. The molecule has 1 saturated heterocycles. The van der Waals surface area contributed by atoms with E-state index in [-0.39, 0.29) is 18.0 Å². The molecule has 1 amide bonds. The van der Waals surface area contributed by atoms with Gasteiger partial charge in [-0.05, 0) is 62.9 Å². The lowest BCUT2D eigenvalue weighted by molar-refractivity contribution is -0.121. The maximum atomic E-state index is 12.7. The van der Waals surface area contributed by atoms with Crippen LogP contribution in [0.15, 0.2) is 27.8 Å². The third-order valence-electron chi connectivity index (χ3n) is 6.31. The van der Waals surface area contributed by atoms with Crippen LogP contribution in [0, 0.1) is 5.92 Å². The molecule has 0 radical (unpaired) electrons. The average Bonchev–Trinajstić information content (AvgIpc) is 2.81. The van der Waals surface area contributed by atoms with Gasteiger partial charge in [0.2, 0.25) is 5.91 Å². The fourth-order valence-electron chi connectivity index (χ4n) is 4.16. The van der Waals surface area contributed by atoms with Crippen LogP contribution in [-0.2, 0) is 16.1 Å². The number of likely N-dealkylation sites (tertiary alicyclic amines) is 1. The number of methoxy groups -OCH3 is 1. The van der Waals surface area contributed by atoms with Gasteiger partial charge in [-0.25, -0.2) is 9.59 Å². The SMILES string of the molecule is COC(=O)c1ccc2c(=O)n(CCCCCC(=O)NCCN3CCC(C)CC3)c(=O)[nH]c2c1. The van der Waals surface area contributed by atoms with Crippen LogP contribution in [0.1, 0.15) is 55.8 Å². The Morgan fingerprint density at radius 2 is 1.88 bits per heavy atom. The zero-order valence-electron chi connectivity index (χ0n) is 19.5. The normalized spacial score (nSPS) is 15.0. The van der Waals surface area contributed by atoms with Crippen LogP contribution in [-0.4, -0.2) is 59.6 Å². The molecule has 33 heavy (non-hydrogen) atoms. The number of nitrogens with zero attached hydrogens (tertiary/aromatic N) is 2. The van der Waals surface area contributed by atoms with E-state index < -0.39 is 17.2 Å². The molecular formula is C24H34N4O5. The number of rotatable bonds is 10. The van der Waals surface area contributed by atoms with Gasteiger partial charge in [-0.1, -0.05) is 13.3 Å². The Kier molecular flexibility index (Phi) is 8.82. The molecule has 3 rings (SSSR count). The molecule has 0 aliphatic carbocycles. The molecular weight excluding hydrogens is 424 g/mol. The summed E-state index contributed by atoms with van der Waals surface area (Å²) in [5, 5.41) is 3.32. The number of unbranched alkanes of at least 4 members (excludes halogenated alkanes) is 2. The Balaban J connectivity index is 1.41. The summed E-state index contributed by atoms with van der Waals surface area (Å²) in [6.07, 6.45) is 4.96. The van der Waals surface area contributed by atoms with E-state index in [9.17, 15) is 19.2 Å². The molecule has 1 aromatic heterocycles. The quantitative estimate of drug-likeness (QED) is 0.415. The van der Waals surface area contributed by atoms with Gasteiger partial charge in [-0.2, -0.15) is 0 Å². The number of carbonyl (C=O) groups excluding carboxylic acids is 2. The van der Waals surface area contributed by atoms with Crippen LogP contribution in [0.5, 0.6) is 0 Å². The maximum absolute atomic E-state index is 12.7. The number of piperidine rings is 1. The number of carbonyl (C=O) groups is 2. The highest BCUT2D eigenvalue weighted by molar-refractivity contribution is 5.93. The first kappa shape index (κ1) is 24.7. The number of hydrogen-bond acceptors (Lipinski definition) is 6. The Hall–Kier alpha value is -2.94. The van der Waals surface area contributed by atoms with E-state index >= 15 is 0 Å². The molecule has 9 nitrogen and oxygen atoms in total. The topological polar surface area (TPSA) is 114 Å². The predicted molar refractivity (Wildman–Crippen MR) is 126 cm³/mol. The Morgan fingerprint density at radius 1 is 1.12 bits per heavy atom. The molecule has 0 saturated carbocycles. The molecule has 0 atom stereocenters. The van der Waals surface area contributed by atoms with E-state index in [0.29, 0.717) is 36.7 Å². The van der Waals surface area contributed by atoms with Crippen molar-refractivity contribution in [2.24, 2.45) is 5.92 Å². The molecule has 1 aromatic carbocycles. The standard InChI is InChI=1S/C24H34N4O5/c1-17-9-13-27(14-10-17)15-11-25-21(29)6-4-3-5-12-28-22(30)19-8-7-18(23(31)33-2)16-20(19)26-24(28)32/h7-8,16-17H,3-6,9-15H2,1-2H3,(H,25,29)(H,26,32). The number of H-pyrrole nitrogens is 1. The Morgan fingerprint density at radius 3 is 2.61 bits per heavy atom. The highest BCUT2D eigenvalue weighted by Crippen LogP contribution is 2.15. The van der Waals surface area contributed by atoms with Gasteiger partial charge in [-0.15, -0.1) is 0 Å². The highest BCUT2D eigenvalue weighted by atomic mass is 16.5. The first-order valence-corrected chi connectivity index (χ1v) is 11.7. The van der Waals surface area contributed by atoms with Gasteiger partial charge in [-0.3, -0.25) is 14.2 Å². The van der Waals surface area contributed by atoms with Crippen molar-refractivity contribution in [1.29, 1.82) is 0 Å². The van der Waals surface area contributed by atoms with Crippen LogP contribution >= 0.6 is 0 Å². The van der Waals surface area contributed by atoms with Gasteiger partial charge in [0.15, 0.2) is 0 Å². The maximum Gasteiger partial charge on any atom is 0.337 e. The second-order valence-electron chi connectivity index (χ2n) is 8.82. The summed E-state index contributed by atoms with van der Waals surface area (Å²) in [6.45, 7) is 6.35. The number of aromatic nitrogens is 2. The third-order valence-corrected chi connectivity index (χ3v) is 6.31. The Bertz CT molecular complexity index is 1080. The minimum absolute atomic E-state index is 0.0440. The molecule has 9 heteroatoms. The van der Waals surface area contributed by atoms with Gasteiger partial charge in [0.05, 0.1) is 23.6 Å². The number of esters is 1. The molecule has 1 aliphatic heterocycles. The van der Waals surface area contributed by atoms with Crippen molar-refractivity contribution in [3.63, 3.8) is 0 Å². The summed E-state index contributed by atoms with van der Waals surface area (Å²) in [7, 11) is 1.27. The molecule has 1 aliphatic rings. The number of fused-ring (bicyclic) bond motifs is 1. The number of benzene rings is 1. The van der Waals surface area contributed by atoms with Gasteiger partial charge in [0.1, 0.15) is 0 Å². The number of aromatic amines is 1. The van der Waals surface area contributed by atoms with Crippen molar-refractivity contribution >= 4 is 22.8 Å². The molecule has 2 aromatic rings. The van der Waals surface area contributed by atoms with Crippen molar-refractivity contribution in [2.75, 3.05) is 33.3 Å². The summed E-state index contributed by atoms with van der Waals surface area (Å²) in [4.78, 5) is 53.8. The van der Waals surface area contributed by atoms with Gasteiger partial charge < -0.3 is 19.9 Å². The summed E-state index contributed by atoms with van der Waals surface area (Å²) in [5.41, 5.74) is -0.337. The first-order valence-electron chi connectivity index (χ1n) is 11.7. The molecule has 2 heterocycles. The molecule has 0 bridgehead atoms. The number of ether oxygens (including phenoxy) is 1. The molecule has 0 spiro atoms. The van der Waals surface area contributed by atoms with E-state index in [1.165, 1.54) is 42.7 Å². The van der Waals surface area contributed by atoms with E-state index in [2.05, 4.69) is 26.9 Å². The smallest absolute Gasteiger partial charge is 0.337 e. The molecule has 0 unspecified atom stereocenters. The van der Waals surface area contributed by atoms with E-state index in [1.54, 1.807) is 0 Å². The van der Waals surface area contributed by atoms with Crippen LogP contribution in [0.3, 0.4) is 0 Å². The minimum Gasteiger partial charge on any atom is -0.465 e. The fraction of sp³-hybridized carbons (Fsp3) is 0.583. The van der Waals surface area contributed by atoms with Crippen molar-refractivity contribution < 1.29 is 14.3 Å². The van der Waals surface area contributed by atoms with Crippen molar-refractivity contribution in [3.8, 4) is 0 Å². The zero-order chi connectivity index (χ0) is 23.8. The third kappa shape index (κ3) is 6.77. The second kappa shape index (κ2) is 11.8. The van der Waals surface area contributed by atoms with Gasteiger partial charge >= 0.3 is 11.7 Å². The summed E-state index contributed by atoms with van der Waals surface area (Å²) in [6, 6.07) is 4.46. The highest BCUT2D eigenvalue weighted by Gasteiger charge is 2.15. The van der Waals surface area contributed by atoms with Crippen LogP contribution < -0.4 is 16.6 Å². The lowest BCUT2D eigenvalue weighted by Gasteiger charge is -2.30. The second-order valence-corrected chi connectivity index (χ2v) is 8.82. The van der Waals surface area contributed by atoms with E-state index in [0.717, 1.165) is 32.0 Å². The van der Waals surface area contributed by atoms with E-state index in [1.807, 2.05) is 0 Å². The average molecular weight is 459 g/mol. The van der Waals surface area contributed by atoms with Crippen molar-refractivity contribution in [2.45, 2.75) is 52.0 Å². The fourth-order valence-corrected chi connectivity index (χ4v) is 4.16. The van der Waals surface area contributed by atoms with Crippen LogP contribution in [0.4, 0.5) is 0 Å². The lowest BCUT2D eigenvalue weighted by atomic mass is 9.99. The van der Waals surface area contributed by atoms with Crippen LogP contribution in [0.25, 0.3) is 10.9 Å².